The normalized spacial score (nSPS) is 53.0. The molecule has 0 aliphatic carbocycles. The van der Waals surface area contributed by atoms with Gasteiger partial charge in [0.25, 0.3) is 0 Å². The summed E-state index contributed by atoms with van der Waals surface area (Å²) in [4.78, 5) is 0. The first kappa shape index (κ1) is 6.87. The van der Waals surface area contributed by atoms with Gasteiger partial charge in [-0.2, -0.15) is 5.26 Å². The Bertz CT molecular complexity index is 265. The standard InChI is InChI=1S/C9H11NO/c1-8-3-4-9(2,11-8)7(5-8)6-10/h3-4,7H,5H2,1-2H3. The predicted molar refractivity (Wildman–Crippen MR) is 40.8 cm³/mol. The lowest BCUT2D eigenvalue weighted by molar-refractivity contribution is -0.0162. The average molecular weight is 149 g/mol. The molecule has 0 aromatic rings. The third-order valence-electron chi connectivity index (χ3n) is 2.68. The van der Waals surface area contributed by atoms with Gasteiger partial charge in [-0.25, -0.2) is 0 Å². The molecule has 0 spiro atoms. The van der Waals surface area contributed by atoms with Gasteiger partial charge in [0, 0.05) is 0 Å². The molecule has 0 amide bonds. The first-order valence-corrected chi connectivity index (χ1v) is 3.88. The molecule has 0 aromatic heterocycles. The van der Waals surface area contributed by atoms with E-state index in [1.165, 1.54) is 0 Å². The monoisotopic (exact) mass is 149 g/mol. The number of rotatable bonds is 0. The topological polar surface area (TPSA) is 33.0 Å². The SMILES string of the molecule is CC12C=CC(C)(O1)C(C#N)C2. The van der Waals surface area contributed by atoms with E-state index in [1.54, 1.807) is 0 Å². The zero-order chi connectivity index (χ0) is 8.11. The summed E-state index contributed by atoms with van der Waals surface area (Å²) in [6, 6.07) is 2.28. The summed E-state index contributed by atoms with van der Waals surface area (Å²) in [5.41, 5.74) is -0.460. The summed E-state index contributed by atoms with van der Waals surface area (Å²) in [5, 5.41) is 8.80. The minimum absolute atomic E-state index is 0.0394. The zero-order valence-corrected chi connectivity index (χ0v) is 6.79. The lowest BCUT2D eigenvalue weighted by atomic mass is 9.82. The van der Waals surface area contributed by atoms with Gasteiger partial charge in [-0.3, -0.25) is 0 Å². The second kappa shape index (κ2) is 1.67. The fourth-order valence-corrected chi connectivity index (χ4v) is 1.99. The molecular weight excluding hydrogens is 138 g/mol. The smallest absolute Gasteiger partial charge is 0.101 e. The van der Waals surface area contributed by atoms with Crippen molar-refractivity contribution < 1.29 is 4.74 Å². The van der Waals surface area contributed by atoms with E-state index < -0.39 is 0 Å². The van der Waals surface area contributed by atoms with Crippen molar-refractivity contribution in [3.8, 4) is 6.07 Å². The molecule has 1 fully saturated rings. The maximum absolute atomic E-state index is 8.80. The summed E-state index contributed by atoms with van der Waals surface area (Å²) < 4.78 is 5.72. The Morgan fingerprint density at radius 2 is 2.27 bits per heavy atom. The minimum Gasteiger partial charge on any atom is -0.360 e. The van der Waals surface area contributed by atoms with Gasteiger partial charge < -0.3 is 4.74 Å². The Morgan fingerprint density at radius 1 is 1.55 bits per heavy atom. The van der Waals surface area contributed by atoms with Crippen LogP contribution in [0, 0.1) is 17.2 Å². The van der Waals surface area contributed by atoms with Crippen LogP contribution in [0.15, 0.2) is 12.2 Å². The van der Waals surface area contributed by atoms with Crippen LogP contribution < -0.4 is 0 Å². The van der Waals surface area contributed by atoms with E-state index in [0.29, 0.717) is 0 Å². The number of nitrogens with zero attached hydrogens (tertiary/aromatic N) is 1. The first-order chi connectivity index (χ1) is 5.08. The Labute approximate surface area is 66.5 Å². The molecule has 2 bridgehead atoms. The highest BCUT2D eigenvalue weighted by molar-refractivity contribution is 5.27. The number of ether oxygens (including phenoxy) is 1. The molecule has 2 heterocycles. The zero-order valence-electron chi connectivity index (χ0n) is 6.79. The van der Waals surface area contributed by atoms with Crippen molar-refractivity contribution in [2.45, 2.75) is 31.5 Å². The fraction of sp³-hybridized carbons (Fsp3) is 0.667. The molecule has 2 heteroatoms. The molecule has 2 aliphatic rings. The second-order valence-electron chi connectivity index (χ2n) is 3.82. The van der Waals surface area contributed by atoms with Crippen LogP contribution in [0.5, 0.6) is 0 Å². The predicted octanol–water partition coefficient (Wildman–Crippen LogP) is 1.63. The molecule has 58 valence electrons. The van der Waals surface area contributed by atoms with E-state index >= 15 is 0 Å². The van der Waals surface area contributed by atoms with Crippen LogP contribution in [0.4, 0.5) is 0 Å². The third-order valence-corrected chi connectivity index (χ3v) is 2.68. The molecule has 3 atom stereocenters. The van der Waals surface area contributed by atoms with Crippen molar-refractivity contribution in [3.63, 3.8) is 0 Å². The van der Waals surface area contributed by atoms with Crippen molar-refractivity contribution in [2.75, 3.05) is 0 Å². The summed E-state index contributed by atoms with van der Waals surface area (Å²) >= 11 is 0. The van der Waals surface area contributed by atoms with Gasteiger partial charge in [0.05, 0.1) is 17.6 Å². The highest BCUT2D eigenvalue weighted by atomic mass is 16.5. The summed E-state index contributed by atoms with van der Waals surface area (Å²) in [6.45, 7) is 4.02. The third kappa shape index (κ3) is 0.749. The van der Waals surface area contributed by atoms with Crippen LogP contribution in [0.25, 0.3) is 0 Å². The van der Waals surface area contributed by atoms with Gasteiger partial charge in [0.15, 0.2) is 0 Å². The highest BCUT2D eigenvalue weighted by Gasteiger charge is 2.53. The van der Waals surface area contributed by atoms with E-state index in [9.17, 15) is 0 Å². The van der Waals surface area contributed by atoms with E-state index in [-0.39, 0.29) is 17.1 Å². The van der Waals surface area contributed by atoms with E-state index in [0.717, 1.165) is 6.42 Å². The van der Waals surface area contributed by atoms with Gasteiger partial charge >= 0.3 is 0 Å². The summed E-state index contributed by atoms with van der Waals surface area (Å²) in [5.74, 6) is 0.0394. The molecule has 0 radical (unpaired) electrons. The maximum Gasteiger partial charge on any atom is 0.101 e. The van der Waals surface area contributed by atoms with Crippen LogP contribution in [-0.4, -0.2) is 11.2 Å². The maximum atomic E-state index is 8.80. The van der Waals surface area contributed by atoms with Gasteiger partial charge in [0.2, 0.25) is 0 Å². The summed E-state index contributed by atoms with van der Waals surface area (Å²) in [7, 11) is 0. The molecule has 0 saturated carbocycles. The van der Waals surface area contributed by atoms with Crippen LogP contribution in [-0.2, 0) is 4.74 Å². The largest absolute Gasteiger partial charge is 0.360 e. The second-order valence-corrected chi connectivity index (χ2v) is 3.82. The first-order valence-electron chi connectivity index (χ1n) is 3.88. The Hall–Kier alpha value is -0.810. The van der Waals surface area contributed by atoms with Crippen LogP contribution >= 0.6 is 0 Å². The Balaban J connectivity index is 2.39. The molecule has 2 aliphatic heterocycles. The molecule has 2 nitrogen and oxygen atoms in total. The lowest BCUT2D eigenvalue weighted by Crippen LogP contribution is -2.26. The van der Waals surface area contributed by atoms with Crippen molar-refractivity contribution in [1.82, 2.24) is 0 Å². The Morgan fingerprint density at radius 3 is 2.55 bits per heavy atom. The van der Waals surface area contributed by atoms with Crippen molar-refractivity contribution in [1.29, 1.82) is 5.26 Å². The van der Waals surface area contributed by atoms with Gasteiger partial charge in [-0.15, -0.1) is 0 Å². The van der Waals surface area contributed by atoms with Crippen molar-refractivity contribution >= 4 is 0 Å². The average Bonchev–Trinajstić information content (AvgIpc) is 2.36. The molecule has 1 saturated heterocycles. The highest BCUT2D eigenvalue weighted by Crippen LogP contribution is 2.48. The molecular formula is C9H11NO. The molecule has 11 heavy (non-hydrogen) atoms. The number of hydrogen-bond donors (Lipinski definition) is 0. The molecule has 0 N–H and O–H groups in total. The minimum atomic E-state index is -0.302. The van der Waals surface area contributed by atoms with Crippen LogP contribution in [0.2, 0.25) is 0 Å². The van der Waals surface area contributed by atoms with Gasteiger partial charge in [0.1, 0.15) is 5.60 Å². The molecule has 2 rings (SSSR count). The fourth-order valence-electron chi connectivity index (χ4n) is 1.99. The van der Waals surface area contributed by atoms with Crippen molar-refractivity contribution in [2.24, 2.45) is 5.92 Å². The van der Waals surface area contributed by atoms with Crippen LogP contribution in [0.3, 0.4) is 0 Å². The van der Waals surface area contributed by atoms with E-state index in [2.05, 4.69) is 12.1 Å². The summed E-state index contributed by atoms with van der Waals surface area (Å²) in [6.07, 6.45) is 4.93. The quantitative estimate of drug-likeness (QED) is 0.490. The Kier molecular flexibility index (Phi) is 1.05. The number of hydrogen-bond acceptors (Lipinski definition) is 2. The van der Waals surface area contributed by atoms with E-state index in [4.69, 9.17) is 10.00 Å². The van der Waals surface area contributed by atoms with Gasteiger partial charge in [-0.1, -0.05) is 12.2 Å². The van der Waals surface area contributed by atoms with Gasteiger partial charge in [-0.05, 0) is 20.3 Å². The molecule has 0 aromatic carbocycles. The number of fused-ring (bicyclic) bond motifs is 2. The molecule has 3 unspecified atom stereocenters. The number of nitriles is 1. The van der Waals surface area contributed by atoms with Crippen molar-refractivity contribution in [3.05, 3.63) is 12.2 Å². The van der Waals surface area contributed by atoms with E-state index in [1.807, 2.05) is 19.9 Å². The lowest BCUT2D eigenvalue weighted by Gasteiger charge is -2.19. The van der Waals surface area contributed by atoms with Crippen LogP contribution in [0.1, 0.15) is 20.3 Å².